The summed E-state index contributed by atoms with van der Waals surface area (Å²) in [6, 6.07) is 5.00. The highest BCUT2D eigenvalue weighted by molar-refractivity contribution is 7.92. The van der Waals surface area contributed by atoms with Gasteiger partial charge < -0.3 is 5.32 Å². The van der Waals surface area contributed by atoms with Crippen molar-refractivity contribution in [3.8, 4) is 0 Å². The van der Waals surface area contributed by atoms with E-state index in [0.29, 0.717) is 12.3 Å². The maximum absolute atomic E-state index is 13.2. The van der Waals surface area contributed by atoms with Gasteiger partial charge >= 0.3 is 6.18 Å². The van der Waals surface area contributed by atoms with Gasteiger partial charge in [0.15, 0.2) is 5.82 Å². The van der Waals surface area contributed by atoms with Crippen molar-refractivity contribution in [2.24, 2.45) is 0 Å². The number of carbonyl (C=O) groups excluding carboxylic acids is 1. The number of nitrogens with one attached hydrogen (secondary N) is 2. The van der Waals surface area contributed by atoms with Crippen LogP contribution in [0, 0.1) is 5.82 Å². The van der Waals surface area contributed by atoms with Crippen LogP contribution in [-0.4, -0.2) is 25.1 Å². The number of amides is 1. The summed E-state index contributed by atoms with van der Waals surface area (Å²) in [6.07, 6.45) is -4.32. The third-order valence-corrected chi connectivity index (χ3v) is 4.45. The smallest absolute Gasteiger partial charge is 0.319 e. The van der Waals surface area contributed by atoms with Crippen LogP contribution in [0.15, 0.2) is 36.5 Å². The van der Waals surface area contributed by atoms with E-state index in [-0.39, 0.29) is 11.3 Å². The van der Waals surface area contributed by atoms with Gasteiger partial charge in [-0.3, -0.25) is 9.52 Å². The molecule has 0 unspecified atom stereocenters. The van der Waals surface area contributed by atoms with Crippen molar-refractivity contribution < 1.29 is 30.8 Å². The second-order valence-corrected chi connectivity index (χ2v) is 7.10. The monoisotopic (exact) mass is 391 g/mol. The topological polar surface area (TPSA) is 88.2 Å². The van der Waals surface area contributed by atoms with E-state index in [4.69, 9.17) is 0 Å². The van der Waals surface area contributed by atoms with Gasteiger partial charge in [0.1, 0.15) is 5.82 Å². The molecular formula is C15H13F4N3O3S. The number of pyridine rings is 1. The number of carbonyl (C=O) groups is 1. The molecule has 0 radical (unpaired) electrons. The minimum absolute atomic E-state index is 0.160. The highest BCUT2D eigenvalue weighted by Crippen LogP contribution is 2.33. The van der Waals surface area contributed by atoms with E-state index in [1.165, 1.54) is 19.1 Å². The number of aromatic nitrogens is 1. The van der Waals surface area contributed by atoms with E-state index in [1.54, 1.807) is 0 Å². The van der Waals surface area contributed by atoms with Gasteiger partial charge in [0.05, 0.1) is 17.0 Å². The summed E-state index contributed by atoms with van der Waals surface area (Å²) in [5, 5.41) is 2.12. The summed E-state index contributed by atoms with van der Waals surface area (Å²) < 4.78 is 77.2. The molecular weight excluding hydrogens is 378 g/mol. The van der Waals surface area contributed by atoms with E-state index < -0.39 is 45.0 Å². The van der Waals surface area contributed by atoms with Crippen LogP contribution < -0.4 is 10.0 Å². The Bertz CT molecular complexity index is 930. The molecule has 0 atom stereocenters. The molecule has 6 nitrogen and oxygen atoms in total. The maximum Gasteiger partial charge on any atom is 0.417 e. The fraction of sp³-hybridized carbons (Fsp3) is 0.200. The van der Waals surface area contributed by atoms with Gasteiger partial charge in [0, 0.05) is 11.8 Å². The number of alkyl halides is 3. The predicted octanol–water partition coefficient (Wildman–Crippen LogP) is 3.25. The summed E-state index contributed by atoms with van der Waals surface area (Å²) in [5.41, 5.74) is -1.86. The number of halogens is 4. The van der Waals surface area contributed by atoms with Gasteiger partial charge in [-0.15, -0.1) is 0 Å². The van der Waals surface area contributed by atoms with Gasteiger partial charge in [0.25, 0.3) is 5.91 Å². The largest absolute Gasteiger partial charge is 0.417 e. The van der Waals surface area contributed by atoms with E-state index >= 15 is 0 Å². The molecule has 140 valence electrons. The Morgan fingerprint density at radius 2 is 1.92 bits per heavy atom. The minimum Gasteiger partial charge on any atom is -0.319 e. The normalized spacial score (nSPS) is 11.9. The zero-order chi connectivity index (χ0) is 19.5. The molecule has 0 fully saturated rings. The highest BCUT2D eigenvalue weighted by atomic mass is 32.2. The molecule has 11 heteroatoms. The highest BCUT2D eigenvalue weighted by Gasteiger charge is 2.32. The quantitative estimate of drug-likeness (QED) is 0.766. The Morgan fingerprint density at radius 1 is 1.23 bits per heavy atom. The van der Waals surface area contributed by atoms with Crippen molar-refractivity contribution in [3.63, 3.8) is 0 Å². The number of sulfonamides is 1. The average molecular weight is 391 g/mol. The van der Waals surface area contributed by atoms with E-state index in [1.807, 2.05) is 4.72 Å². The van der Waals surface area contributed by atoms with E-state index in [0.717, 1.165) is 12.1 Å². The van der Waals surface area contributed by atoms with Crippen LogP contribution in [0.1, 0.15) is 22.8 Å². The lowest BCUT2D eigenvalue weighted by Gasteiger charge is -2.14. The predicted molar refractivity (Wildman–Crippen MR) is 86.7 cm³/mol. The molecule has 0 aliphatic carbocycles. The maximum atomic E-state index is 13.2. The number of hydrogen-bond acceptors (Lipinski definition) is 4. The molecule has 0 saturated heterocycles. The SMILES string of the molecule is CCS(=O)(=O)Nc1ncc(C(F)(F)F)cc1NC(=O)c1cccc(F)c1. The molecule has 1 aromatic heterocycles. The van der Waals surface area contributed by atoms with Crippen molar-refractivity contribution in [1.29, 1.82) is 0 Å². The summed E-state index contributed by atoms with van der Waals surface area (Å²) in [4.78, 5) is 15.6. The third-order valence-electron chi connectivity index (χ3n) is 3.18. The van der Waals surface area contributed by atoms with Crippen molar-refractivity contribution in [1.82, 2.24) is 4.98 Å². The second kappa shape index (κ2) is 7.28. The van der Waals surface area contributed by atoms with Crippen molar-refractivity contribution in [2.45, 2.75) is 13.1 Å². The first-order valence-corrected chi connectivity index (χ1v) is 8.81. The Hall–Kier alpha value is -2.69. The Balaban J connectivity index is 2.43. The molecule has 2 N–H and O–H groups in total. The first-order chi connectivity index (χ1) is 12.0. The third kappa shape index (κ3) is 4.91. The van der Waals surface area contributed by atoms with Gasteiger partial charge in [-0.05, 0) is 31.2 Å². The van der Waals surface area contributed by atoms with Gasteiger partial charge in [-0.1, -0.05) is 6.07 Å². The van der Waals surface area contributed by atoms with Gasteiger partial charge in [-0.2, -0.15) is 13.2 Å². The molecule has 0 saturated carbocycles. The second-order valence-electron chi connectivity index (χ2n) is 5.09. The average Bonchev–Trinajstić information content (AvgIpc) is 2.55. The Kier molecular flexibility index (Phi) is 5.50. The molecule has 2 rings (SSSR count). The molecule has 0 aliphatic heterocycles. The van der Waals surface area contributed by atoms with Crippen LogP contribution in [-0.2, 0) is 16.2 Å². The minimum atomic E-state index is -4.76. The lowest BCUT2D eigenvalue weighted by atomic mass is 10.2. The lowest BCUT2D eigenvalue weighted by Crippen LogP contribution is -2.20. The standard InChI is InChI=1S/C15H13F4N3O3S/c1-2-26(24,25)22-13-12(7-10(8-20-13)15(17,18)19)21-14(23)9-4-3-5-11(16)6-9/h3-8H,2H2,1H3,(H,20,22)(H,21,23). The zero-order valence-corrected chi connectivity index (χ0v) is 14.1. The van der Waals surface area contributed by atoms with Gasteiger partial charge in [0.2, 0.25) is 10.0 Å². The summed E-state index contributed by atoms with van der Waals surface area (Å²) in [5.74, 6) is -2.48. The van der Waals surface area contributed by atoms with Crippen molar-refractivity contribution in [2.75, 3.05) is 15.8 Å². The van der Waals surface area contributed by atoms with Crippen molar-refractivity contribution >= 4 is 27.4 Å². The van der Waals surface area contributed by atoms with Crippen LogP contribution in [0.3, 0.4) is 0 Å². The fourth-order valence-corrected chi connectivity index (χ4v) is 2.44. The summed E-state index contributed by atoms with van der Waals surface area (Å²) in [6.45, 7) is 1.32. The Morgan fingerprint density at radius 3 is 2.50 bits per heavy atom. The molecule has 2 aromatic rings. The molecule has 26 heavy (non-hydrogen) atoms. The van der Waals surface area contributed by atoms with Crippen LogP contribution in [0.25, 0.3) is 0 Å². The lowest BCUT2D eigenvalue weighted by molar-refractivity contribution is -0.137. The van der Waals surface area contributed by atoms with E-state index in [9.17, 15) is 30.8 Å². The van der Waals surface area contributed by atoms with Crippen LogP contribution in [0.4, 0.5) is 29.1 Å². The molecule has 0 spiro atoms. The first-order valence-electron chi connectivity index (χ1n) is 7.16. The number of benzene rings is 1. The summed E-state index contributed by atoms with van der Waals surface area (Å²) >= 11 is 0. The molecule has 1 heterocycles. The summed E-state index contributed by atoms with van der Waals surface area (Å²) in [7, 11) is -3.86. The van der Waals surface area contributed by atoms with Crippen LogP contribution >= 0.6 is 0 Å². The molecule has 0 bridgehead atoms. The number of rotatable bonds is 5. The van der Waals surface area contributed by atoms with Crippen LogP contribution in [0.5, 0.6) is 0 Å². The zero-order valence-electron chi connectivity index (χ0n) is 13.3. The Labute approximate surface area is 146 Å². The van der Waals surface area contributed by atoms with Gasteiger partial charge in [-0.25, -0.2) is 17.8 Å². The van der Waals surface area contributed by atoms with Crippen LogP contribution in [0.2, 0.25) is 0 Å². The number of anilines is 2. The molecule has 1 aromatic carbocycles. The van der Waals surface area contributed by atoms with E-state index in [2.05, 4.69) is 10.3 Å². The van der Waals surface area contributed by atoms with Crippen molar-refractivity contribution in [3.05, 3.63) is 53.5 Å². The number of hydrogen-bond donors (Lipinski definition) is 2. The molecule has 1 amide bonds. The first kappa shape index (κ1) is 19.6. The molecule has 0 aliphatic rings. The number of nitrogens with zero attached hydrogens (tertiary/aromatic N) is 1. The fourth-order valence-electron chi connectivity index (χ4n) is 1.84.